The molecule has 3 aromatic rings. The fourth-order valence-electron chi connectivity index (χ4n) is 4.72. The number of amides is 1. The van der Waals surface area contributed by atoms with Gasteiger partial charge in [0, 0.05) is 35.6 Å². The van der Waals surface area contributed by atoms with Crippen molar-refractivity contribution in [2.45, 2.75) is 31.6 Å². The Hall–Kier alpha value is -3.88. The van der Waals surface area contributed by atoms with Crippen LogP contribution >= 0.6 is 11.6 Å². The number of carbonyl (C=O) groups is 1. The van der Waals surface area contributed by atoms with Crippen molar-refractivity contribution in [1.82, 2.24) is 25.2 Å². The number of aromatic nitrogens is 3. The van der Waals surface area contributed by atoms with Crippen molar-refractivity contribution in [2.75, 3.05) is 56.9 Å². The molecule has 0 spiro atoms. The fraction of sp³-hybridized carbons (Fsp3) is 0.379. The van der Waals surface area contributed by atoms with Crippen LogP contribution in [0, 0.1) is 5.82 Å². The summed E-state index contributed by atoms with van der Waals surface area (Å²) >= 11 is 6.01. The van der Waals surface area contributed by atoms with E-state index in [1.807, 2.05) is 14.1 Å². The third-order valence-corrected chi connectivity index (χ3v) is 6.93. The van der Waals surface area contributed by atoms with Crippen LogP contribution in [0.15, 0.2) is 43.2 Å². The van der Waals surface area contributed by atoms with Crippen molar-refractivity contribution in [3.8, 4) is 5.75 Å². The van der Waals surface area contributed by atoms with E-state index in [9.17, 15) is 14.3 Å². The molecule has 1 amide bonds. The molecule has 1 aliphatic rings. The number of nitrogens with one attached hydrogen (secondary N) is 4. The van der Waals surface area contributed by atoms with Gasteiger partial charge in [0.2, 0.25) is 17.8 Å². The first-order valence-electron chi connectivity index (χ1n) is 13.5. The number of nitrogens with zero attached hydrogens (tertiary/aromatic N) is 4. The minimum Gasteiger partial charge on any atom is -0.495 e. The zero-order chi connectivity index (χ0) is 31.3. The van der Waals surface area contributed by atoms with E-state index in [4.69, 9.17) is 21.1 Å². The lowest BCUT2D eigenvalue weighted by molar-refractivity contribution is -0.111. The molecule has 0 radical (unpaired) electrons. The zero-order valence-corrected chi connectivity index (χ0v) is 25.4. The first-order chi connectivity index (χ1) is 20.4. The van der Waals surface area contributed by atoms with Gasteiger partial charge in [-0.15, -0.1) is 0 Å². The molecule has 43 heavy (non-hydrogen) atoms. The molecule has 0 aliphatic carbocycles. The molecule has 5 N–H and O–H groups in total. The van der Waals surface area contributed by atoms with E-state index >= 15 is 0 Å². The molecule has 0 saturated carbocycles. The summed E-state index contributed by atoms with van der Waals surface area (Å²) in [5.74, 6) is -0.357. The summed E-state index contributed by atoms with van der Waals surface area (Å²) in [4.78, 5) is 27.3. The largest absolute Gasteiger partial charge is 0.495 e. The number of ether oxygens (including phenoxy) is 2. The second-order valence-electron chi connectivity index (χ2n) is 10.7. The molecule has 1 unspecified atom stereocenters. The molecular weight excluding hydrogens is 579 g/mol. The molecule has 2 aromatic carbocycles. The Bertz CT molecular complexity index is 1480. The van der Waals surface area contributed by atoms with E-state index in [0.717, 1.165) is 11.6 Å². The van der Waals surface area contributed by atoms with Crippen LogP contribution in [0.25, 0.3) is 0 Å². The average Bonchev–Trinajstić information content (AvgIpc) is 2.94. The summed E-state index contributed by atoms with van der Waals surface area (Å²) in [5.41, 5.74) is 0.873. The van der Waals surface area contributed by atoms with Crippen LogP contribution in [0.2, 0.25) is 5.02 Å². The SMILES string of the molecule is C=CC(=O)Nc1cc(Nc2ncnc(Nc3cc(Cl)c(F)cc3C(C)(C)O)n2)c(OC)cc1[C@@H]1OCCNC1CN(C)C. The van der Waals surface area contributed by atoms with Crippen LogP contribution in [0.1, 0.15) is 31.1 Å². The van der Waals surface area contributed by atoms with Gasteiger partial charge in [-0.1, -0.05) is 18.2 Å². The second kappa shape index (κ2) is 13.6. The van der Waals surface area contributed by atoms with Crippen LogP contribution in [0.4, 0.5) is 33.3 Å². The van der Waals surface area contributed by atoms with E-state index in [-0.39, 0.29) is 34.6 Å². The van der Waals surface area contributed by atoms with Crippen LogP contribution in [0.3, 0.4) is 0 Å². The summed E-state index contributed by atoms with van der Waals surface area (Å²) in [6, 6.07) is 5.98. The molecule has 2 atom stereocenters. The second-order valence-corrected chi connectivity index (χ2v) is 11.1. The Morgan fingerprint density at radius 2 is 1.93 bits per heavy atom. The number of hydrogen-bond acceptors (Lipinski definition) is 11. The first kappa shape index (κ1) is 32.0. The molecule has 1 saturated heterocycles. The monoisotopic (exact) mass is 614 g/mol. The number of methoxy groups -OCH3 is 1. The zero-order valence-electron chi connectivity index (χ0n) is 24.7. The number of hydrogen-bond donors (Lipinski definition) is 5. The average molecular weight is 615 g/mol. The highest BCUT2D eigenvalue weighted by atomic mass is 35.5. The number of aliphatic hydroxyl groups is 1. The minimum absolute atomic E-state index is 0.0439. The molecule has 230 valence electrons. The van der Waals surface area contributed by atoms with Crippen LogP contribution in [-0.2, 0) is 15.1 Å². The maximum absolute atomic E-state index is 14.2. The Morgan fingerprint density at radius 1 is 1.23 bits per heavy atom. The fourth-order valence-corrected chi connectivity index (χ4v) is 4.88. The van der Waals surface area contributed by atoms with Crippen LogP contribution in [-0.4, -0.2) is 77.8 Å². The smallest absolute Gasteiger partial charge is 0.247 e. The van der Waals surface area contributed by atoms with Gasteiger partial charge in [-0.05, 0) is 58.3 Å². The van der Waals surface area contributed by atoms with Crippen LogP contribution in [0.5, 0.6) is 5.75 Å². The predicted octanol–water partition coefficient (Wildman–Crippen LogP) is 4.10. The van der Waals surface area contributed by atoms with E-state index in [2.05, 4.69) is 47.7 Å². The molecule has 4 rings (SSSR count). The van der Waals surface area contributed by atoms with Gasteiger partial charge in [-0.25, -0.2) is 14.4 Å². The van der Waals surface area contributed by atoms with Gasteiger partial charge in [0.05, 0.1) is 36.1 Å². The maximum atomic E-state index is 14.2. The summed E-state index contributed by atoms with van der Waals surface area (Å²) in [5, 5.41) is 22.9. The lowest BCUT2D eigenvalue weighted by Gasteiger charge is -2.36. The summed E-state index contributed by atoms with van der Waals surface area (Å²) in [7, 11) is 5.49. The number of halogens is 2. The van der Waals surface area contributed by atoms with E-state index in [1.165, 1.54) is 39.4 Å². The predicted molar refractivity (Wildman–Crippen MR) is 164 cm³/mol. The highest BCUT2D eigenvalue weighted by Gasteiger charge is 2.31. The number of benzene rings is 2. The summed E-state index contributed by atoms with van der Waals surface area (Å²) in [6.45, 7) is 8.53. The lowest BCUT2D eigenvalue weighted by atomic mass is 9.96. The normalized spacial score (nSPS) is 17.0. The molecule has 1 fully saturated rings. The van der Waals surface area contributed by atoms with Gasteiger partial charge in [-0.2, -0.15) is 4.98 Å². The Labute approximate surface area is 254 Å². The van der Waals surface area contributed by atoms with Gasteiger partial charge in [0.15, 0.2) is 0 Å². The van der Waals surface area contributed by atoms with Gasteiger partial charge in [0.1, 0.15) is 24.0 Å². The van der Waals surface area contributed by atoms with Crippen molar-refractivity contribution in [3.63, 3.8) is 0 Å². The molecule has 12 nitrogen and oxygen atoms in total. The number of carbonyl (C=O) groups excluding carboxylic acids is 1. The number of anilines is 5. The van der Waals surface area contributed by atoms with Gasteiger partial charge in [0.25, 0.3) is 0 Å². The number of morpholine rings is 1. The molecule has 0 bridgehead atoms. The van der Waals surface area contributed by atoms with Crippen molar-refractivity contribution in [3.05, 3.63) is 65.2 Å². The van der Waals surface area contributed by atoms with Gasteiger partial charge >= 0.3 is 0 Å². The molecule has 14 heteroatoms. The van der Waals surface area contributed by atoms with E-state index < -0.39 is 17.3 Å². The molecule has 1 aromatic heterocycles. The number of likely N-dealkylation sites (N-methyl/N-ethyl adjacent to an activating group) is 1. The molecular formula is C29H36ClFN8O4. The third kappa shape index (κ3) is 7.94. The molecule has 1 aliphatic heterocycles. The summed E-state index contributed by atoms with van der Waals surface area (Å²) < 4.78 is 26.1. The van der Waals surface area contributed by atoms with Crippen molar-refractivity contribution >= 4 is 46.5 Å². The quantitative estimate of drug-likeness (QED) is 0.199. The van der Waals surface area contributed by atoms with Crippen molar-refractivity contribution in [1.29, 1.82) is 0 Å². The van der Waals surface area contributed by atoms with Crippen molar-refractivity contribution < 1.29 is 23.8 Å². The van der Waals surface area contributed by atoms with Gasteiger partial charge < -0.3 is 40.7 Å². The number of rotatable bonds is 11. The lowest BCUT2D eigenvalue weighted by Crippen LogP contribution is -2.48. The molecule has 2 heterocycles. The Balaban J connectivity index is 1.69. The highest BCUT2D eigenvalue weighted by molar-refractivity contribution is 6.31. The topological polar surface area (TPSA) is 146 Å². The van der Waals surface area contributed by atoms with Crippen LogP contribution < -0.4 is 26.0 Å². The minimum atomic E-state index is -1.38. The standard InChI is InChI=1S/C29H36ClFN8O4/c1-7-25(40)35-20-13-22(24(42-6)10-16(20)26-23(14-39(4)5)32-8-9-43-26)37-28-34-15-33-27(38-28)36-21-12-18(30)19(31)11-17(21)29(2,3)41/h7,10-13,15,23,26,32,41H,1,8-9,14H2,2-6H3,(H,35,40)(H2,33,34,36,37,38)/t23?,26-/m0/s1. The van der Waals surface area contributed by atoms with Crippen molar-refractivity contribution in [2.24, 2.45) is 0 Å². The van der Waals surface area contributed by atoms with E-state index in [0.29, 0.717) is 42.5 Å². The Kier molecular flexibility index (Phi) is 10.1. The highest BCUT2D eigenvalue weighted by Crippen LogP contribution is 2.39. The summed E-state index contributed by atoms with van der Waals surface area (Å²) in [6.07, 6.45) is 2.09. The first-order valence-corrected chi connectivity index (χ1v) is 13.9. The van der Waals surface area contributed by atoms with Gasteiger partial charge in [-0.3, -0.25) is 4.79 Å². The third-order valence-electron chi connectivity index (χ3n) is 6.64. The van der Waals surface area contributed by atoms with E-state index in [1.54, 1.807) is 12.1 Å². The Morgan fingerprint density at radius 3 is 2.56 bits per heavy atom. The maximum Gasteiger partial charge on any atom is 0.247 e.